The SMILES string of the molecule is C/C=C/Sc1c2n(c3cc(F)cc(CC)c13)CCC2CC(=O)O. The van der Waals surface area contributed by atoms with E-state index >= 15 is 0 Å². The third kappa shape index (κ3) is 2.78. The zero-order chi connectivity index (χ0) is 16.6. The van der Waals surface area contributed by atoms with Crippen LogP contribution >= 0.6 is 11.8 Å². The van der Waals surface area contributed by atoms with E-state index in [0.29, 0.717) is 0 Å². The number of fused-ring (bicyclic) bond motifs is 3. The van der Waals surface area contributed by atoms with Gasteiger partial charge in [0.1, 0.15) is 5.82 Å². The van der Waals surface area contributed by atoms with Gasteiger partial charge < -0.3 is 9.67 Å². The molecule has 5 heteroatoms. The Balaban J connectivity index is 2.27. The maximum absolute atomic E-state index is 14.0. The molecule has 1 unspecified atom stereocenters. The Kier molecular flexibility index (Phi) is 4.48. The zero-order valence-electron chi connectivity index (χ0n) is 13.3. The van der Waals surface area contributed by atoms with Gasteiger partial charge in [0.15, 0.2) is 0 Å². The monoisotopic (exact) mass is 333 g/mol. The average molecular weight is 333 g/mol. The van der Waals surface area contributed by atoms with E-state index in [4.69, 9.17) is 0 Å². The molecule has 0 bridgehead atoms. The molecule has 3 rings (SSSR count). The third-order valence-corrected chi connectivity index (χ3v) is 5.47. The Labute approximate surface area is 139 Å². The van der Waals surface area contributed by atoms with Crippen LogP contribution in [0.2, 0.25) is 0 Å². The maximum Gasteiger partial charge on any atom is 0.304 e. The molecule has 1 N–H and O–H groups in total. The molecule has 2 aromatic rings. The molecule has 1 atom stereocenters. The number of carbonyl (C=O) groups is 1. The lowest BCUT2D eigenvalue weighted by Gasteiger charge is -2.09. The number of aliphatic carboxylic acids is 1. The Bertz CT molecular complexity index is 794. The quantitative estimate of drug-likeness (QED) is 0.789. The maximum atomic E-state index is 14.0. The van der Waals surface area contributed by atoms with Gasteiger partial charge in [-0.1, -0.05) is 24.8 Å². The fourth-order valence-electron chi connectivity index (χ4n) is 3.52. The second kappa shape index (κ2) is 6.40. The molecule has 3 nitrogen and oxygen atoms in total. The zero-order valence-corrected chi connectivity index (χ0v) is 14.1. The Morgan fingerprint density at radius 1 is 1.52 bits per heavy atom. The molecule has 0 amide bonds. The fourth-order valence-corrected chi connectivity index (χ4v) is 4.54. The second-order valence-electron chi connectivity index (χ2n) is 5.85. The number of carboxylic acid groups (broad SMARTS) is 1. The number of rotatable bonds is 5. The third-order valence-electron chi connectivity index (χ3n) is 4.42. The number of carboxylic acids is 1. The summed E-state index contributed by atoms with van der Waals surface area (Å²) in [6, 6.07) is 3.19. The van der Waals surface area contributed by atoms with E-state index in [1.165, 1.54) is 0 Å². The lowest BCUT2D eigenvalue weighted by molar-refractivity contribution is -0.137. The molecule has 1 aliphatic heterocycles. The predicted octanol–water partition coefficient (Wildman–Crippen LogP) is 4.93. The second-order valence-corrected chi connectivity index (χ2v) is 6.77. The average Bonchev–Trinajstić information content (AvgIpc) is 3.03. The van der Waals surface area contributed by atoms with E-state index in [9.17, 15) is 14.3 Å². The van der Waals surface area contributed by atoms with Gasteiger partial charge in [0.05, 0.1) is 11.9 Å². The van der Waals surface area contributed by atoms with Crippen LogP contribution in [0.5, 0.6) is 0 Å². The number of aryl methyl sites for hydroxylation is 2. The van der Waals surface area contributed by atoms with Crippen LogP contribution in [-0.2, 0) is 17.8 Å². The summed E-state index contributed by atoms with van der Waals surface area (Å²) < 4.78 is 16.1. The van der Waals surface area contributed by atoms with Crippen LogP contribution in [-0.4, -0.2) is 15.6 Å². The molecule has 0 fully saturated rings. The van der Waals surface area contributed by atoms with Gasteiger partial charge in [0, 0.05) is 28.4 Å². The summed E-state index contributed by atoms with van der Waals surface area (Å²) in [6.07, 6.45) is 3.66. The predicted molar refractivity (Wildman–Crippen MR) is 91.6 cm³/mol. The highest BCUT2D eigenvalue weighted by atomic mass is 32.2. The molecule has 1 aliphatic rings. The van der Waals surface area contributed by atoms with Crippen molar-refractivity contribution in [2.24, 2.45) is 0 Å². The summed E-state index contributed by atoms with van der Waals surface area (Å²) in [6.45, 7) is 4.74. The van der Waals surface area contributed by atoms with Crippen LogP contribution in [0.1, 0.15) is 43.9 Å². The number of thioether (sulfide) groups is 1. The van der Waals surface area contributed by atoms with E-state index in [2.05, 4.69) is 4.57 Å². The van der Waals surface area contributed by atoms with Gasteiger partial charge in [0.25, 0.3) is 0 Å². The topological polar surface area (TPSA) is 42.2 Å². The van der Waals surface area contributed by atoms with E-state index in [1.807, 2.05) is 25.3 Å². The van der Waals surface area contributed by atoms with Crippen molar-refractivity contribution in [3.63, 3.8) is 0 Å². The van der Waals surface area contributed by atoms with Crippen LogP contribution < -0.4 is 0 Å². The van der Waals surface area contributed by atoms with Crippen molar-refractivity contribution in [2.75, 3.05) is 0 Å². The van der Waals surface area contributed by atoms with Crippen molar-refractivity contribution in [2.45, 2.75) is 50.5 Å². The Hall–Kier alpha value is -1.75. The molecular weight excluding hydrogens is 313 g/mol. The minimum Gasteiger partial charge on any atom is -0.481 e. The molecule has 0 aliphatic carbocycles. The minimum atomic E-state index is -0.780. The van der Waals surface area contributed by atoms with Crippen LogP contribution in [0.15, 0.2) is 28.5 Å². The number of hydrogen-bond acceptors (Lipinski definition) is 2. The van der Waals surface area contributed by atoms with Crippen molar-refractivity contribution < 1.29 is 14.3 Å². The Morgan fingerprint density at radius 3 is 2.96 bits per heavy atom. The van der Waals surface area contributed by atoms with Crippen molar-refractivity contribution >= 4 is 28.6 Å². The van der Waals surface area contributed by atoms with E-state index < -0.39 is 5.97 Å². The molecule has 1 aromatic carbocycles. The summed E-state index contributed by atoms with van der Waals surface area (Å²) in [4.78, 5) is 12.3. The minimum absolute atomic E-state index is 0.000392. The first-order valence-electron chi connectivity index (χ1n) is 7.90. The lowest BCUT2D eigenvalue weighted by Crippen LogP contribution is -2.04. The standard InChI is InChI=1S/C18H20FNO2S/c1-3-7-23-18-16-11(4-2)8-13(19)10-14(16)20-6-5-12(17(18)20)9-15(21)22/h3,7-8,10,12H,4-6,9H2,1-2H3,(H,21,22)/b7-3+. The number of halogens is 1. The van der Waals surface area contributed by atoms with E-state index in [0.717, 1.165) is 46.4 Å². The lowest BCUT2D eigenvalue weighted by atomic mass is 9.99. The number of hydrogen-bond donors (Lipinski definition) is 1. The van der Waals surface area contributed by atoms with Gasteiger partial charge >= 0.3 is 5.97 Å². The largest absolute Gasteiger partial charge is 0.481 e. The molecule has 122 valence electrons. The summed E-state index contributed by atoms with van der Waals surface area (Å²) in [7, 11) is 0. The van der Waals surface area contributed by atoms with Gasteiger partial charge in [-0.05, 0) is 42.9 Å². The van der Waals surface area contributed by atoms with Crippen molar-refractivity contribution in [3.05, 3.63) is 40.7 Å². The first-order chi connectivity index (χ1) is 11.1. The molecule has 2 heterocycles. The van der Waals surface area contributed by atoms with Gasteiger partial charge in [-0.15, -0.1) is 0 Å². The van der Waals surface area contributed by atoms with Gasteiger partial charge in [0.2, 0.25) is 0 Å². The number of allylic oxidation sites excluding steroid dienone is 1. The molecule has 0 saturated carbocycles. The molecule has 0 radical (unpaired) electrons. The smallest absolute Gasteiger partial charge is 0.304 e. The first kappa shape index (κ1) is 16.1. The molecular formula is C18H20FNO2S. The van der Waals surface area contributed by atoms with Crippen molar-refractivity contribution in [1.29, 1.82) is 0 Å². The normalized spacial score (nSPS) is 17.3. The number of nitrogens with zero attached hydrogens (tertiary/aromatic N) is 1. The van der Waals surface area contributed by atoms with Gasteiger partial charge in [-0.2, -0.15) is 0 Å². The van der Waals surface area contributed by atoms with Gasteiger partial charge in [-0.3, -0.25) is 4.79 Å². The fraction of sp³-hybridized carbons (Fsp3) is 0.389. The highest BCUT2D eigenvalue weighted by Crippen LogP contribution is 2.46. The molecule has 0 spiro atoms. The Morgan fingerprint density at radius 2 is 2.30 bits per heavy atom. The van der Waals surface area contributed by atoms with Crippen molar-refractivity contribution in [1.82, 2.24) is 4.57 Å². The molecule has 0 saturated heterocycles. The highest BCUT2D eigenvalue weighted by Gasteiger charge is 2.31. The van der Waals surface area contributed by atoms with Gasteiger partial charge in [-0.25, -0.2) is 4.39 Å². The van der Waals surface area contributed by atoms with Crippen LogP contribution in [0.25, 0.3) is 10.9 Å². The molecule has 23 heavy (non-hydrogen) atoms. The highest BCUT2D eigenvalue weighted by molar-refractivity contribution is 8.02. The van der Waals surface area contributed by atoms with E-state index in [-0.39, 0.29) is 18.2 Å². The summed E-state index contributed by atoms with van der Waals surface area (Å²) >= 11 is 1.61. The summed E-state index contributed by atoms with van der Waals surface area (Å²) in [5.74, 6) is -1.00. The summed E-state index contributed by atoms with van der Waals surface area (Å²) in [5.41, 5.74) is 2.95. The van der Waals surface area contributed by atoms with Crippen LogP contribution in [0.3, 0.4) is 0 Å². The van der Waals surface area contributed by atoms with Crippen LogP contribution in [0, 0.1) is 5.82 Å². The number of aromatic nitrogens is 1. The van der Waals surface area contributed by atoms with E-state index in [1.54, 1.807) is 23.9 Å². The number of benzene rings is 1. The molecule has 1 aromatic heterocycles. The summed E-state index contributed by atoms with van der Waals surface area (Å²) in [5, 5.41) is 12.3. The first-order valence-corrected chi connectivity index (χ1v) is 8.78. The van der Waals surface area contributed by atoms with Crippen LogP contribution in [0.4, 0.5) is 4.39 Å². The van der Waals surface area contributed by atoms with Crippen molar-refractivity contribution in [3.8, 4) is 0 Å².